The van der Waals surface area contributed by atoms with E-state index in [4.69, 9.17) is 0 Å². The Kier molecular flexibility index (Phi) is 5.05. The van der Waals surface area contributed by atoms with Crippen molar-refractivity contribution in [3.8, 4) is 0 Å². The first-order valence-electron chi connectivity index (χ1n) is 7.29. The van der Waals surface area contributed by atoms with E-state index in [1.54, 1.807) is 43.3 Å². The van der Waals surface area contributed by atoms with Crippen molar-refractivity contribution in [2.24, 2.45) is 0 Å². The van der Waals surface area contributed by atoms with Gasteiger partial charge in [-0.2, -0.15) is 0 Å². The van der Waals surface area contributed by atoms with E-state index < -0.39 is 10.0 Å². The summed E-state index contributed by atoms with van der Waals surface area (Å²) >= 11 is 0. The quantitative estimate of drug-likeness (QED) is 0.884. The van der Waals surface area contributed by atoms with E-state index in [0.29, 0.717) is 11.3 Å². The molecule has 0 spiro atoms. The van der Waals surface area contributed by atoms with E-state index in [0.717, 1.165) is 5.56 Å². The Labute approximate surface area is 136 Å². The summed E-state index contributed by atoms with van der Waals surface area (Å²) in [5.41, 5.74) is 1.55. The maximum absolute atomic E-state index is 12.4. The van der Waals surface area contributed by atoms with Gasteiger partial charge in [0.1, 0.15) is 0 Å². The van der Waals surface area contributed by atoms with Crippen molar-refractivity contribution in [2.75, 3.05) is 4.72 Å². The average molecular weight is 332 g/mol. The Hall–Kier alpha value is -2.34. The van der Waals surface area contributed by atoms with Gasteiger partial charge in [0.2, 0.25) is 0 Å². The zero-order chi connectivity index (χ0) is 17.0. The fourth-order valence-electron chi connectivity index (χ4n) is 2.02. The Morgan fingerprint density at radius 1 is 1.04 bits per heavy atom. The van der Waals surface area contributed by atoms with Crippen LogP contribution in [0.3, 0.4) is 0 Å². The van der Waals surface area contributed by atoms with Gasteiger partial charge in [0.05, 0.1) is 10.6 Å². The number of carbonyl (C=O) groups excluding carboxylic acids is 1. The normalized spacial score (nSPS) is 11.3. The molecule has 0 aliphatic heterocycles. The lowest BCUT2D eigenvalue weighted by Gasteiger charge is -2.13. The highest BCUT2D eigenvalue weighted by atomic mass is 32.2. The monoisotopic (exact) mass is 332 g/mol. The highest BCUT2D eigenvalue weighted by Crippen LogP contribution is 2.21. The number of hydrogen-bond acceptors (Lipinski definition) is 3. The van der Waals surface area contributed by atoms with Crippen molar-refractivity contribution < 1.29 is 13.2 Å². The summed E-state index contributed by atoms with van der Waals surface area (Å²) in [5.74, 6) is -0.236. The largest absolute Gasteiger partial charge is 0.350 e. The van der Waals surface area contributed by atoms with Gasteiger partial charge in [-0.15, -0.1) is 0 Å². The lowest BCUT2D eigenvalue weighted by atomic mass is 10.1. The molecule has 0 bridgehead atoms. The van der Waals surface area contributed by atoms with Crippen LogP contribution < -0.4 is 10.0 Å². The van der Waals surface area contributed by atoms with Gasteiger partial charge in [0.25, 0.3) is 15.9 Å². The number of aryl methyl sites for hydroxylation is 1. The van der Waals surface area contributed by atoms with Crippen LogP contribution in [0.25, 0.3) is 0 Å². The van der Waals surface area contributed by atoms with Gasteiger partial charge in [-0.05, 0) is 50.6 Å². The van der Waals surface area contributed by atoms with Crippen molar-refractivity contribution in [2.45, 2.75) is 31.7 Å². The molecule has 122 valence electrons. The van der Waals surface area contributed by atoms with E-state index in [1.165, 1.54) is 12.1 Å². The van der Waals surface area contributed by atoms with Crippen molar-refractivity contribution >= 4 is 21.6 Å². The van der Waals surface area contributed by atoms with E-state index in [9.17, 15) is 13.2 Å². The Morgan fingerprint density at radius 2 is 1.70 bits per heavy atom. The fourth-order valence-corrected chi connectivity index (χ4v) is 3.16. The third-order valence-electron chi connectivity index (χ3n) is 3.22. The average Bonchev–Trinajstić information content (AvgIpc) is 2.49. The fraction of sp³-hybridized carbons (Fsp3) is 0.235. The van der Waals surface area contributed by atoms with Crippen molar-refractivity contribution in [1.82, 2.24) is 5.32 Å². The lowest BCUT2D eigenvalue weighted by Crippen LogP contribution is -2.30. The maximum Gasteiger partial charge on any atom is 0.261 e. The lowest BCUT2D eigenvalue weighted by molar-refractivity contribution is 0.0943. The zero-order valence-corrected chi connectivity index (χ0v) is 14.1. The number of nitrogens with one attached hydrogen (secondary N) is 2. The van der Waals surface area contributed by atoms with E-state index in [2.05, 4.69) is 10.0 Å². The highest BCUT2D eigenvalue weighted by molar-refractivity contribution is 7.92. The summed E-state index contributed by atoms with van der Waals surface area (Å²) in [6, 6.07) is 13.1. The molecule has 5 nitrogen and oxygen atoms in total. The minimum Gasteiger partial charge on any atom is -0.350 e. The topological polar surface area (TPSA) is 75.3 Å². The third kappa shape index (κ3) is 4.32. The molecule has 0 unspecified atom stereocenters. The summed E-state index contributed by atoms with van der Waals surface area (Å²) in [5, 5.41) is 2.78. The number of hydrogen-bond donors (Lipinski definition) is 2. The van der Waals surface area contributed by atoms with Crippen LogP contribution in [0.4, 0.5) is 5.69 Å². The molecule has 0 heterocycles. The summed E-state index contributed by atoms with van der Waals surface area (Å²) in [6.07, 6.45) is 0. The Balaban J connectivity index is 2.31. The smallest absolute Gasteiger partial charge is 0.261 e. The molecule has 0 aliphatic carbocycles. The third-order valence-corrected chi connectivity index (χ3v) is 4.60. The van der Waals surface area contributed by atoms with Gasteiger partial charge < -0.3 is 5.32 Å². The molecule has 0 saturated heterocycles. The summed E-state index contributed by atoms with van der Waals surface area (Å²) in [7, 11) is -3.68. The van der Waals surface area contributed by atoms with Crippen LogP contribution in [0.5, 0.6) is 0 Å². The van der Waals surface area contributed by atoms with Crippen LogP contribution in [0.15, 0.2) is 53.4 Å². The highest BCUT2D eigenvalue weighted by Gasteiger charge is 2.16. The molecule has 0 aliphatic rings. The SMILES string of the molecule is Cc1ccc(C(=O)NC(C)C)cc1NS(=O)(=O)c1ccccc1. The van der Waals surface area contributed by atoms with Crippen LogP contribution in [0.1, 0.15) is 29.8 Å². The Bertz CT molecular complexity index is 800. The molecule has 1 amide bonds. The van der Waals surface area contributed by atoms with Gasteiger partial charge >= 0.3 is 0 Å². The summed E-state index contributed by atoms with van der Waals surface area (Å²) in [4.78, 5) is 12.2. The Morgan fingerprint density at radius 3 is 2.30 bits per heavy atom. The van der Waals surface area contributed by atoms with Crippen LogP contribution in [0.2, 0.25) is 0 Å². The van der Waals surface area contributed by atoms with Gasteiger partial charge in [-0.1, -0.05) is 24.3 Å². The second kappa shape index (κ2) is 6.83. The number of amides is 1. The van der Waals surface area contributed by atoms with E-state index in [1.807, 2.05) is 13.8 Å². The van der Waals surface area contributed by atoms with E-state index in [-0.39, 0.29) is 16.8 Å². The zero-order valence-electron chi connectivity index (χ0n) is 13.3. The number of sulfonamides is 1. The van der Waals surface area contributed by atoms with Crippen LogP contribution >= 0.6 is 0 Å². The van der Waals surface area contributed by atoms with Crippen molar-refractivity contribution in [3.05, 3.63) is 59.7 Å². The first-order chi connectivity index (χ1) is 10.8. The van der Waals surface area contributed by atoms with Crippen LogP contribution in [-0.2, 0) is 10.0 Å². The molecule has 0 atom stereocenters. The van der Waals surface area contributed by atoms with Gasteiger partial charge in [-0.3, -0.25) is 9.52 Å². The first-order valence-corrected chi connectivity index (χ1v) is 8.77. The van der Waals surface area contributed by atoms with Crippen molar-refractivity contribution in [1.29, 1.82) is 0 Å². The molecular weight excluding hydrogens is 312 g/mol. The molecule has 2 aromatic carbocycles. The molecule has 23 heavy (non-hydrogen) atoms. The molecular formula is C17H20N2O3S. The minimum atomic E-state index is -3.68. The summed E-state index contributed by atoms with van der Waals surface area (Å²) in [6.45, 7) is 5.52. The number of anilines is 1. The molecule has 2 aromatic rings. The second-order valence-electron chi connectivity index (χ2n) is 5.58. The predicted octanol–water partition coefficient (Wildman–Crippen LogP) is 2.93. The predicted molar refractivity (Wildman–Crippen MR) is 91.0 cm³/mol. The number of benzene rings is 2. The molecule has 0 radical (unpaired) electrons. The molecule has 2 rings (SSSR count). The standard InChI is InChI=1S/C17H20N2O3S/c1-12(2)18-17(20)14-10-9-13(3)16(11-14)19-23(21,22)15-7-5-4-6-8-15/h4-12,19H,1-3H3,(H,18,20). The van der Waals surface area contributed by atoms with Crippen molar-refractivity contribution in [3.63, 3.8) is 0 Å². The summed E-state index contributed by atoms with van der Waals surface area (Å²) < 4.78 is 27.3. The second-order valence-corrected chi connectivity index (χ2v) is 7.26. The molecule has 0 saturated carbocycles. The first kappa shape index (κ1) is 17.0. The molecule has 0 aromatic heterocycles. The van der Waals surface area contributed by atoms with Gasteiger partial charge in [-0.25, -0.2) is 8.42 Å². The van der Waals surface area contributed by atoms with Gasteiger partial charge in [0, 0.05) is 11.6 Å². The van der Waals surface area contributed by atoms with Crippen LogP contribution in [-0.4, -0.2) is 20.4 Å². The molecule has 6 heteroatoms. The van der Waals surface area contributed by atoms with Gasteiger partial charge in [0.15, 0.2) is 0 Å². The maximum atomic E-state index is 12.4. The molecule has 2 N–H and O–H groups in total. The van der Waals surface area contributed by atoms with E-state index >= 15 is 0 Å². The number of carbonyl (C=O) groups is 1. The number of rotatable bonds is 5. The van der Waals surface area contributed by atoms with Crippen LogP contribution in [0, 0.1) is 6.92 Å². The minimum absolute atomic E-state index is 0.00765. The molecule has 0 fully saturated rings.